The van der Waals surface area contributed by atoms with Gasteiger partial charge in [-0.3, -0.25) is 4.79 Å². The number of carbonyl (C=O) groups is 1. The normalized spacial score (nSPS) is 24.3. The molecular weight excluding hydrogens is 356 g/mol. The number of hydrogen-bond acceptors (Lipinski definition) is 6. The standard InChI is InChI=1S/C17H26N4O4S/c1-12-15(3-2-6-19-12)20-17(22)14-11-13(26(18,23)24)4-5-16(14)21-7-9-25-10-8-21/h4-5,11-12,15,19H,2-3,6-10H2,1H3,(H,20,22)(H2,18,23,24). The lowest BCUT2D eigenvalue weighted by Gasteiger charge is -2.33. The van der Waals surface area contributed by atoms with Crippen molar-refractivity contribution in [3.63, 3.8) is 0 Å². The van der Waals surface area contributed by atoms with Crippen LogP contribution in [0.15, 0.2) is 23.1 Å². The minimum atomic E-state index is -3.89. The number of primary sulfonamides is 1. The van der Waals surface area contributed by atoms with Gasteiger partial charge in [-0.15, -0.1) is 0 Å². The molecule has 2 unspecified atom stereocenters. The number of hydrogen-bond donors (Lipinski definition) is 3. The van der Waals surface area contributed by atoms with Gasteiger partial charge in [0.15, 0.2) is 0 Å². The van der Waals surface area contributed by atoms with Crippen LogP contribution in [0.25, 0.3) is 0 Å². The molecule has 0 aromatic heterocycles. The molecule has 8 nitrogen and oxygen atoms in total. The molecule has 0 spiro atoms. The van der Waals surface area contributed by atoms with E-state index in [1.54, 1.807) is 6.07 Å². The molecule has 2 aliphatic heterocycles. The van der Waals surface area contributed by atoms with E-state index in [1.807, 2.05) is 11.8 Å². The average Bonchev–Trinajstić information content (AvgIpc) is 2.63. The number of benzene rings is 1. The first-order valence-electron chi connectivity index (χ1n) is 8.90. The number of anilines is 1. The lowest BCUT2D eigenvalue weighted by atomic mass is 9.99. The summed E-state index contributed by atoms with van der Waals surface area (Å²) in [5.74, 6) is -0.280. The summed E-state index contributed by atoms with van der Waals surface area (Å²) in [6.07, 6.45) is 1.88. The maximum Gasteiger partial charge on any atom is 0.253 e. The molecule has 2 heterocycles. The first-order valence-corrected chi connectivity index (χ1v) is 10.4. The number of morpholine rings is 1. The van der Waals surface area contributed by atoms with E-state index in [0.29, 0.717) is 37.6 Å². The Bertz CT molecular complexity index is 762. The van der Waals surface area contributed by atoms with Gasteiger partial charge in [0.2, 0.25) is 10.0 Å². The second kappa shape index (κ2) is 7.91. The molecule has 0 aliphatic carbocycles. The number of nitrogens with two attached hydrogens (primary N) is 1. The number of rotatable bonds is 4. The van der Waals surface area contributed by atoms with Crippen molar-refractivity contribution in [2.24, 2.45) is 5.14 Å². The summed E-state index contributed by atoms with van der Waals surface area (Å²) in [5, 5.41) is 11.7. The van der Waals surface area contributed by atoms with E-state index in [-0.39, 0.29) is 22.9 Å². The lowest BCUT2D eigenvalue weighted by Crippen LogP contribution is -2.52. The fraction of sp³-hybridized carbons (Fsp3) is 0.588. The molecule has 144 valence electrons. The van der Waals surface area contributed by atoms with Crippen molar-refractivity contribution < 1.29 is 17.9 Å². The second-order valence-corrected chi connectivity index (χ2v) is 8.35. The van der Waals surface area contributed by atoms with Crippen molar-refractivity contribution in [1.29, 1.82) is 0 Å². The van der Waals surface area contributed by atoms with Gasteiger partial charge in [0, 0.05) is 30.9 Å². The van der Waals surface area contributed by atoms with E-state index >= 15 is 0 Å². The Morgan fingerprint density at radius 3 is 2.73 bits per heavy atom. The van der Waals surface area contributed by atoms with Crippen LogP contribution in [0.2, 0.25) is 0 Å². The van der Waals surface area contributed by atoms with Crippen LogP contribution in [0.3, 0.4) is 0 Å². The number of nitrogens with one attached hydrogen (secondary N) is 2. The molecule has 0 bridgehead atoms. The minimum absolute atomic E-state index is 0.00642. The van der Waals surface area contributed by atoms with Crippen LogP contribution in [0, 0.1) is 0 Å². The summed E-state index contributed by atoms with van der Waals surface area (Å²) in [5.41, 5.74) is 1.03. The molecular formula is C17H26N4O4S. The van der Waals surface area contributed by atoms with Crippen molar-refractivity contribution >= 4 is 21.6 Å². The number of nitrogens with zero attached hydrogens (tertiary/aromatic N) is 1. The molecule has 0 radical (unpaired) electrons. The quantitative estimate of drug-likeness (QED) is 0.678. The monoisotopic (exact) mass is 382 g/mol. The highest BCUT2D eigenvalue weighted by molar-refractivity contribution is 7.89. The summed E-state index contributed by atoms with van der Waals surface area (Å²) in [7, 11) is -3.89. The summed E-state index contributed by atoms with van der Waals surface area (Å²) < 4.78 is 28.8. The molecule has 4 N–H and O–H groups in total. The molecule has 1 aromatic carbocycles. The van der Waals surface area contributed by atoms with Crippen molar-refractivity contribution in [2.75, 3.05) is 37.7 Å². The van der Waals surface area contributed by atoms with Crippen LogP contribution in [-0.4, -0.2) is 59.3 Å². The number of ether oxygens (including phenoxy) is 1. The highest BCUT2D eigenvalue weighted by Crippen LogP contribution is 2.25. The van der Waals surface area contributed by atoms with E-state index in [2.05, 4.69) is 10.6 Å². The van der Waals surface area contributed by atoms with E-state index in [9.17, 15) is 13.2 Å². The predicted molar refractivity (Wildman–Crippen MR) is 98.8 cm³/mol. The summed E-state index contributed by atoms with van der Waals surface area (Å²) in [4.78, 5) is 14.9. The van der Waals surface area contributed by atoms with Gasteiger partial charge in [-0.1, -0.05) is 0 Å². The Kier molecular flexibility index (Phi) is 5.81. The SMILES string of the molecule is CC1NCCCC1NC(=O)c1cc(S(N)(=O)=O)ccc1N1CCOCC1. The molecule has 2 atom stereocenters. The number of sulfonamides is 1. The van der Waals surface area contributed by atoms with Gasteiger partial charge in [-0.05, 0) is 44.5 Å². The van der Waals surface area contributed by atoms with Gasteiger partial charge in [-0.2, -0.15) is 0 Å². The second-order valence-electron chi connectivity index (χ2n) is 6.79. The minimum Gasteiger partial charge on any atom is -0.378 e. The van der Waals surface area contributed by atoms with E-state index in [4.69, 9.17) is 9.88 Å². The van der Waals surface area contributed by atoms with Crippen LogP contribution in [0.5, 0.6) is 0 Å². The molecule has 1 aromatic rings. The Hall–Kier alpha value is -1.68. The van der Waals surface area contributed by atoms with E-state index in [1.165, 1.54) is 12.1 Å². The van der Waals surface area contributed by atoms with Crippen LogP contribution in [0.1, 0.15) is 30.1 Å². The van der Waals surface area contributed by atoms with Crippen molar-refractivity contribution in [3.05, 3.63) is 23.8 Å². The van der Waals surface area contributed by atoms with Gasteiger partial charge in [-0.25, -0.2) is 13.6 Å². The third-order valence-corrected chi connectivity index (χ3v) is 5.88. The first kappa shape index (κ1) is 19.1. The lowest BCUT2D eigenvalue weighted by molar-refractivity contribution is 0.0918. The number of carbonyl (C=O) groups excluding carboxylic acids is 1. The average molecular weight is 382 g/mol. The smallest absolute Gasteiger partial charge is 0.253 e. The van der Waals surface area contributed by atoms with Crippen LogP contribution < -0.4 is 20.7 Å². The van der Waals surface area contributed by atoms with Crippen LogP contribution in [0.4, 0.5) is 5.69 Å². The van der Waals surface area contributed by atoms with E-state index < -0.39 is 10.0 Å². The van der Waals surface area contributed by atoms with Crippen LogP contribution >= 0.6 is 0 Å². The number of piperidine rings is 1. The zero-order valence-electron chi connectivity index (χ0n) is 14.9. The molecule has 2 fully saturated rings. The molecule has 2 saturated heterocycles. The van der Waals surface area contributed by atoms with Crippen LogP contribution in [-0.2, 0) is 14.8 Å². The Morgan fingerprint density at radius 2 is 2.08 bits per heavy atom. The van der Waals surface area contributed by atoms with Gasteiger partial charge >= 0.3 is 0 Å². The Balaban J connectivity index is 1.91. The highest BCUT2D eigenvalue weighted by atomic mass is 32.2. The Labute approximate surface area is 154 Å². The number of amides is 1. The van der Waals surface area contributed by atoms with Crippen molar-refractivity contribution in [1.82, 2.24) is 10.6 Å². The zero-order valence-corrected chi connectivity index (χ0v) is 15.7. The van der Waals surface area contributed by atoms with Gasteiger partial charge in [0.05, 0.1) is 23.7 Å². The first-order chi connectivity index (χ1) is 12.4. The third-order valence-electron chi connectivity index (χ3n) is 4.97. The van der Waals surface area contributed by atoms with Gasteiger partial charge in [0.25, 0.3) is 5.91 Å². The Morgan fingerprint density at radius 1 is 1.35 bits per heavy atom. The van der Waals surface area contributed by atoms with E-state index in [0.717, 1.165) is 19.4 Å². The molecule has 9 heteroatoms. The molecule has 1 amide bonds. The predicted octanol–water partition coefficient (Wildman–Crippen LogP) is 0.0409. The fourth-order valence-electron chi connectivity index (χ4n) is 3.44. The van der Waals surface area contributed by atoms with Gasteiger partial charge in [0.1, 0.15) is 0 Å². The summed E-state index contributed by atoms with van der Waals surface area (Å²) in [6.45, 7) is 5.41. The molecule has 26 heavy (non-hydrogen) atoms. The highest BCUT2D eigenvalue weighted by Gasteiger charge is 2.26. The molecule has 2 aliphatic rings. The maximum absolute atomic E-state index is 13.0. The summed E-state index contributed by atoms with van der Waals surface area (Å²) >= 11 is 0. The zero-order chi connectivity index (χ0) is 18.7. The third kappa shape index (κ3) is 4.35. The van der Waals surface area contributed by atoms with Crippen molar-refractivity contribution in [3.8, 4) is 0 Å². The topological polar surface area (TPSA) is 114 Å². The largest absolute Gasteiger partial charge is 0.378 e. The molecule has 3 rings (SSSR count). The maximum atomic E-state index is 13.0. The fourth-order valence-corrected chi connectivity index (χ4v) is 3.98. The summed E-state index contributed by atoms with van der Waals surface area (Å²) in [6, 6.07) is 4.65. The van der Waals surface area contributed by atoms with Gasteiger partial charge < -0.3 is 20.3 Å². The molecule has 0 saturated carbocycles. The van der Waals surface area contributed by atoms with Crippen molar-refractivity contribution in [2.45, 2.75) is 36.7 Å².